The molecule has 1 amide bonds. The lowest BCUT2D eigenvalue weighted by Gasteiger charge is -2.22. The molecule has 0 aromatic rings. The van der Waals surface area contributed by atoms with Crippen LogP contribution in [0.1, 0.15) is 335 Å². The van der Waals surface area contributed by atoms with Gasteiger partial charge in [0.1, 0.15) is 0 Å². The van der Waals surface area contributed by atoms with E-state index in [4.69, 9.17) is 4.74 Å². The largest absolute Gasteiger partial charge is 0.466 e. The van der Waals surface area contributed by atoms with E-state index in [1.807, 2.05) is 0 Å². The molecule has 2 atom stereocenters. The maximum Gasteiger partial charge on any atom is 0.305 e. The Bertz CT molecular complexity index is 913. The topological polar surface area (TPSA) is 95.9 Å². The maximum absolute atomic E-state index is 12.5. The molecule has 0 bridgehead atoms. The van der Waals surface area contributed by atoms with Crippen molar-refractivity contribution in [1.29, 1.82) is 0 Å². The first-order valence-electron chi connectivity index (χ1n) is 29.3. The molecule has 0 aromatic carbocycles. The number of carbonyl (C=O) groups is 2. The van der Waals surface area contributed by atoms with Gasteiger partial charge in [0.05, 0.1) is 25.4 Å². The standard InChI is InChI=1S/C58H115NO5/c1-3-5-7-9-11-13-15-17-19-21-23-26-30-34-38-42-46-50-56(61)55(54-60)59-57(62)51-47-43-39-35-31-27-25-29-33-37-41-45-49-53-64-58(63)52-48-44-40-36-32-28-24-22-20-18-16-14-12-10-8-6-4-2/h55-56,60-61H,3-54H2,1-2H3,(H,59,62). The zero-order chi connectivity index (χ0) is 46.5. The Balaban J connectivity index is 3.41. The molecule has 0 aliphatic heterocycles. The number of amides is 1. The smallest absolute Gasteiger partial charge is 0.305 e. The Kier molecular flexibility index (Phi) is 53.5. The number of rotatable bonds is 55. The molecular weight excluding hydrogens is 791 g/mol. The number of aliphatic hydroxyl groups excluding tert-OH is 2. The summed E-state index contributed by atoms with van der Waals surface area (Å²) in [6.45, 7) is 4.96. The van der Waals surface area contributed by atoms with Gasteiger partial charge in [-0.15, -0.1) is 0 Å². The number of esters is 1. The molecule has 0 aliphatic rings. The van der Waals surface area contributed by atoms with E-state index >= 15 is 0 Å². The van der Waals surface area contributed by atoms with Gasteiger partial charge in [-0.3, -0.25) is 9.59 Å². The second-order valence-electron chi connectivity index (χ2n) is 20.3. The van der Waals surface area contributed by atoms with Gasteiger partial charge in [0.15, 0.2) is 0 Å². The van der Waals surface area contributed by atoms with Crippen molar-refractivity contribution in [3.8, 4) is 0 Å². The first kappa shape index (κ1) is 62.9. The van der Waals surface area contributed by atoms with Crippen molar-refractivity contribution in [2.45, 2.75) is 347 Å². The fourth-order valence-corrected chi connectivity index (χ4v) is 9.41. The lowest BCUT2D eigenvalue weighted by molar-refractivity contribution is -0.143. The van der Waals surface area contributed by atoms with Crippen LogP contribution in [0.5, 0.6) is 0 Å². The molecule has 64 heavy (non-hydrogen) atoms. The van der Waals surface area contributed by atoms with Crippen LogP contribution in [0, 0.1) is 0 Å². The average molecular weight is 907 g/mol. The first-order valence-corrected chi connectivity index (χ1v) is 29.3. The molecule has 0 rings (SSSR count). The molecule has 0 saturated carbocycles. The molecule has 0 heterocycles. The molecule has 0 spiro atoms. The molecule has 3 N–H and O–H groups in total. The van der Waals surface area contributed by atoms with E-state index in [9.17, 15) is 19.8 Å². The van der Waals surface area contributed by atoms with E-state index in [-0.39, 0.29) is 18.5 Å². The summed E-state index contributed by atoms with van der Waals surface area (Å²) < 4.78 is 5.48. The molecule has 0 saturated heterocycles. The predicted octanol–water partition coefficient (Wildman–Crippen LogP) is 17.9. The summed E-state index contributed by atoms with van der Waals surface area (Å²) in [6, 6.07) is -0.550. The zero-order valence-electron chi connectivity index (χ0n) is 43.5. The monoisotopic (exact) mass is 906 g/mol. The van der Waals surface area contributed by atoms with Crippen LogP contribution >= 0.6 is 0 Å². The zero-order valence-corrected chi connectivity index (χ0v) is 43.5. The van der Waals surface area contributed by atoms with Gasteiger partial charge in [-0.25, -0.2) is 0 Å². The van der Waals surface area contributed by atoms with Crippen LogP contribution < -0.4 is 5.32 Å². The second-order valence-corrected chi connectivity index (χ2v) is 20.3. The van der Waals surface area contributed by atoms with E-state index in [2.05, 4.69) is 19.2 Å². The third kappa shape index (κ3) is 50.3. The third-order valence-corrected chi connectivity index (χ3v) is 13.9. The number of nitrogens with one attached hydrogen (secondary N) is 1. The Morgan fingerprint density at radius 2 is 0.641 bits per heavy atom. The Hall–Kier alpha value is -1.14. The van der Waals surface area contributed by atoms with Gasteiger partial charge in [0, 0.05) is 12.8 Å². The summed E-state index contributed by atoms with van der Waals surface area (Å²) in [5, 5.41) is 23.3. The molecule has 0 aliphatic carbocycles. The van der Waals surface area contributed by atoms with Gasteiger partial charge >= 0.3 is 5.97 Å². The molecule has 0 radical (unpaired) electrons. The van der Waals surface area contributed by atoms with Crippen LogP contribution in [-0.4, -0.2) is 47.4 Å². The minimum absolute atomic E-state index is 0.000287. The van der Waals surface area contributed by atoms with Crippen molar-refractivity contribution >= 4 is 11.9 Å². The van der Waals surface area contributed by atoms with Crippen LogP contribution in [0.4, 0.5) is 0 Å². The van der Waals surface area contributed by atoms with E-state index in [1.165, 1.54) is 250 Å². The minimum Gasteiger partial charge on any atom is -0.466 e. The fraction of sp³-hybridized carbons (Fsp3) is 0.966. The van der Waals surface area contributed by atoms with E-state index in [0.717, 1.165) is 51.4 Å². The van der Waals surface area contributed by atoms with Gasteiger partial charge in [-0.1, -0.05) is 296 Å². The van der Waals surface area contributed by atoms with Crippen molar-refractivity contribution in [1.82, 2.24) is 5.32 Å². The average Bonchev–Trinajstić information content (AvgIpc) is 3.29. The predicted molar refractivity (Wildman–Crippen MR) is 278 cm³/mol. The van der Waals surface area contributed by atoms with Gasteiger partial charge in [0.25, 0.3) is 0 Å². The third-order valence-electron chi connectivity index (χ3n) is 13.9. The number of aliphatic hydroxyl groups is 2. The Morgan fingerprint density at radius 1 is 0.375 bits per heavy atom. The Morgan fingerprint density at radius 3 is 0.953 bits per heavy atom. The highest BCUT2D eigenvalue weighted by atomic mass is 16.5. The maximum atomic E-state index is 12.5. The van der Waals surface area contributed by atoms with Gasteiger partial charge in [-0.2, -0.15) is 0 Å². The lowest BCUT2D eigenvalue weighted by Crippen LogP contribution is -2.45. The normalized spacial score (nSPS) is 12.5. The van der Waals surface area contributed by atoms with Gasteiger partial charge in [0.2, 0.25) is 5.91 Å². The van der Waals surface area contributed by atoms with Crippen molar-refractivity contribution < 1.29 is 24.5 Å². The van der Waals surface area contributed by atoms with E-state index in [1.54, 1.807) is 0 Å². The minimum atomic E-state index is -0.671. The fourth-order valence-electron chi connectivity index (χ4n) is 9.41. The number of carbonyl (C=O) groups excluding carboxylic acids is 2. The van der Waals surface area contributed by atoms with Crippen LogP contribution in [0.15, 0.2) is 0 Å². The van der Waals surface area contributed by atoms with Gasteiger partial charge in [-0.05, 0) is 25.7 Å². The summed E-state index contributed by atoms with van der Waals surface area (Å²) in [7, 11) is 0. The number of hydrogen-bond donors (Lipinski definition) is 3. The van der Waals surface area contributed by atoms with Crippen molar-refractivity contribution in [3.63, 3.8) is 0 Å². The molecule has 6 nitrogen and oxygen atoms in total. The lowest BCUT2D eigenvalue weighted by atomic mass is 10.0. The van der Waals surface area contributed by atoms with Crippen LogP contribution in [0.2, 0.25) is 0 Å². The summed E-state index contributed by atoms with van der Waals surface area (Å²) in [5.74, 6) is -0.0443. The van der Waals surface area contributed by atoms with E-state index in [0.29, 0.717) is 25.9 Å². The van der Waals surface area contributed by atoms with Crippen molar-refractivity contribution in [3.05, 3.63) is 0 Å². The summed E-state index contributed by atoms with van der Waals surface area (Å²) >= 11 is 0. The molecule has 382 valence electrons. The Labute approximate surface area is 400 Å². The molecule has 6 heteroatoms. The second kappa shape index (κ2) is 54.5. The number of unbranched alkanes of at least 4 members (excludes halogenated alkanes) is 44. The van der Waals surface area contributed by atoms with Crippen molar-refractivity contribution in [2.75, 3.05) is 13.2 Å². The highest BCUT2D eigenvalue weighted by Crippen LogP contribution is 2.18. The van der Waals surface area contributed by atoms with E-state index < -0.39 is 12.1 Å². The summed E-state index contributed by atoms with van der Waals surface area (Å²) in [5.41, 5.74) is 0. The number of hydrogen-bond acceptors (Lipinski definition) is 5. The quantitative estimate of drug-likeness (QED) is 0.0417. The molecule has 0 aromatic heterocycles. The molecule has 2 unspecified atom stereocenters. The van der Waals surface area contributed by atoms with Gasteiger partial charge < -0.3 is 20.3 Å². The summed E-state index contributed by atoms with van der Waals surface area (Å²) in [6.07, 6.45) is 62.3. The summed E-state index contributed by atoms with van der Waals surface area (Å²) in [4.78, 5) is 24.6. The molecular formula is C58H115NO5. The SMILES string of the molecule is CCCCCCCCCCCCCCCCCCCC(=O)OCCCCCCCCCCCCCCCC(=O)NC(CO)C(O)CCCCCCCCCCCCCCCCCCC. The first-order chi connectivity index (χ1) is 31.5. The highest BCUT2D eigenvalue weighted by molar-refractivity contribution is 5.76. The van der Waals surface area contributed by atoms with Crippen LogP contribution in [0.3, 0.4) is 0 Å². The van der Waals surface area contributed by atoms with Crippen molar-refractivity contribution in [2.24, 2.45) is 0 Å². The number of ether oxygens (including phenoxy) is 1. The highest BCUT2D eigenvalue weighted by Gasteiger charge is 2.20. The van der Waals surface area contributed by atoms with Crippen LogP contribution in [-0.2, 0) is 14.3 Å². The van der Waals surface area contributed by atoms with Crippen LogP contribution in [0.25, 0.3) is 0 Å². The molecule has 0 fully saturated rings.